The average molecular weight is 274 g/mol. The molecule has 18 heavy (non-hydrogen) atoms. The summed E-state index contributed by atoms with van der Waals surface area (Å²) in [6.07, 6.45) is 0. The fraction of sp³-hybridized carbons (Fsp3) is 0.300. The van der Waals surface area contributed by atoms with Gasteiger partial charge in [0.2, 0.25) is 5.91 Å². The molecule has 0 heterocycles. The van der Waals surface area contributed by atoms with Crippen LogP contribution in [-0.4, -0.2) is 31.5 Å². The Labute approximate surface area is 105 Å². The number of primary amides is 1. The zero-order valence-corrected chi connectivity index (χ0v) is 10.3. The number of nitrogens with two attached hydrogens (primary N) is 1. The Morgan fingerprint density at radius 2 is 2.00 bits per heavy atom. The van der Waals surface area contributed by atoms with Crippen LogP contribution in [0.4, 0.5) is 0 Å². The highest BCUT2D eigenvalue weighted by molar-refractivity contribution is 7.80. The summed E-state index contributed by atoms with van der Waals surface area (Å²) in [4.78, 5) is 11.0. The van der Waals surface area contributed by atoms with E-state index in [0.29, 0.717) is 6.54 Å². The molecule has 0 fully saturated rings. The van der Waals surface area contributed by atoms with Crippen LogP contribution in [0.1, 0.15) is 5.56 Å². The molecule has 1 aromatic carbocycles. The number of hydrogen-bond acceptors (Lipinski definition) is 5. The molecule has 100 valence electrons. The van der Waals surface area contributed by atoms with E-state index in [0.717, 1.165) is 5.56 Å². The highest BCUT2D eigenvalue weighted by Gasteiger charge is 2.18. The monoisotopic (exact) mass is 274 g/mol. The molecule has 0 saturated carbocycles. The Hall–Kier alpha value is -1.48. The van der Waals surface area contributed by atoms with Gasteiger partial charge in [-0.15, -0.1) is 0 Å². The smallest absolute Gasteiger partial charge is 0.368 e. The summed E-state index contributed by atoms with van der Waals surface area (Å²) in [5.74, 6) is -0.769. The van der Waals surface area contributed by atoms with Gasteiger partial charge in [0, 0.05) is 6.54 Å². The Kier molecular flexibility index (Phi) is 5.23. The first-order chi connectivity index (χ1) is 8.38. The Morgan fingerprint density at radius 3 is 2.50 bits per heavy atom. The molecule has 0 aliphatic heterocycles. The highest BCUT2D eigenvalue weighted by Crippen LogP contribution is 1.99. The molecule has 1 atom stereocenters. The second kappa shape index (κ2) is 6.45. The molecule has 1 aromatic rings. The fourth-order valence-electron chi connectivity index (χ4n) is 1.23. The summed E-state index contributed by atoms with van der Waals surface area (Å²) in [7, 11) is -4.58. The van der Waals surface area contributed by atoms with Crippen molar-refractivity contribution in [3.05, 3.63) is 35.9 Å². The van der Waals surface area contributed by atoms with Crippen LogP contribution in [0.3, 0.4) is 0 Å². The summed E-state index contributed by atoms with van der Waals surface area (Å²) in [5.41, 5.74) is 5.97. The molecule has 1 amide bonds. The summed E-state index contributed by atoms with van der Waals surface area (Å²) in [6, 6.07) is 8.14. The van der Waals surface area contributed by atoms with E-state index in [2.05, 4.69) is 9.50 Å². The molecule has 0 aliphatic rings. The quantitative estimate of drug-likeness (QED) is 0.574. The molecule has 0 radical (unpaired) electrons. The second-order valence-corrected chi connectivity index (χ2v) is 4.62. The van der Waals surface area contributed by atoms with Gasteiger partial charge in [-0.25, -0.2) is 4.18 Å². The first kappa shape index (κ1) is 14.6. The predicted molar refractivity (Wildman–Crippen MR) is 63.8 cm³/mol. The van der Waals surface area contributed by atoms with Gasteiger partial charge in [-0.2, -0.15) is 8.42 Å². The van der Waals surface area contributed by atoms with E-state index in [9.17, 15) is 13.2 Å². The third-order valence-electron chi connectivity index (χ3n) is 2.12. The van der Waals surface area contributed by atoms with Crippen LogP contribution in [0, 0.1) is 0 Å². The van der Waals surface area contributed by atoms with Crippen molar-refractivity contribution in [2.45, 2.75) is 12.6 Å². The van der Waals surface area contributed by atoms with Gasteiger partial charge in [-0.3, -0.25) is 14.7 Å². The van der Waals surface area contributed by atoms with Crippen LogP contribution in [0.15, 0.2) is 30.3 Å². The largest absolute Gasteiger partial charge is 0.397 e. The lowest BCUT2D eigenvalue weighted by Crippen LogP contribution is -2.44. The van der Waals surface area contributed by atoms with Crippen LogP contribution in [0.2, 0.25) is 0 Å². The maximum absolute atomic E-state index is 11.0. The van der Waals surface area contributed by atoms with E-state index in [1.165, 1.54) is 0 Å². The molecular formula is C10H14N2O5S. The molecule has 8 heteroatoms. The molecule has 4 N–H and O–H groups in total. The first-order valence-electron chi connectivity index (χ1n) is 5.07. The lowest BCUT2D eigenvalue weighted by atomic mass is 10.2. The minimum atomic E-state index is -4.58. The van der Waals surface area contributed by atoms with Gasteiger partial charge in [0.25, 0.3) is 0 Å². The topological polar surface area (TPSA) is 119 Å². The van der Waals surface area contributed by atoms with Crippen molar-refractivity contribution in [2.75, 3.05) is 6.61 Å². The number of rotatable bonds is 7. The van der Waals surface area contributed by atoms with Gasteiger partial charge in [-0.1, -0.05) is 30.3 Å². The van der Waals surface area contributed by atoms with Crippen LogP contribution < -0.4 is 11.1 Å². The minimum Gasteiger partial charge on any atom is -0.368 e. The Morgan fingerprint density at radius 1 is 1.39 bits per heavy atom. The van der Waals surface area contributed by atoms with Gasteiger partial charge in [0.1, 0.15) is 6.04 Å². The van der Waals surface area contributed by atoms with E-state index in [-0.39, 0.29) is 0 Å². The van der Waals surface area contributed by atoms with E-state index in [4.69, 9.17) is 10.3 Å². The van der Waals surface area contributed by atoms with Gasteiger partial charge in [0.05, 0.1) is 6.61 Å². The lowest BCUT2D eigenvalue weighted by Gasteiger charge is -2.14. The first-order valence-corrected chi connectivity index (χ1v) is 6.43. The number of nitrogens with one attached hydrogen (secondary N) is 1. The third kappa shape index (κ3) is 5.73. The van der Waals surface area contributed by atoms with Crippen LogP contribution in [-0.2, 0) is 25.9 Å². The molecule has 0 spiro atoms. The summed E-state index contributed by atoms with van der Waals surface area (Å²) >= 11 is 0. The number of benzene rings is 1. The maximum atomic E-state index is 11.0. The maximum Gasteiger partial charge on any atom is 0.397 e. The lowest BCUT2D eigenvalue weighted by molar-refractivity contribution is -0.120. The van der Waals surface area contributed by atoms with Crippen LogP contribution in [0.5, 0.6) is 0 Å². The Bertz CT molecular complexity index is 488. The molecule has 0 aromatic heterocycles. The van der Waals surface area contributed by atoms with Gasteiger partial charge in [0.15, 0.2) is 0 Å². The number of amides is 1. The van der Waals surface area contributed by atoms with E-state index in [1.807, 2.05) is 30.3 Å². The average Bonchev–Trinajstić information content (AvgIpc) is 2.28. The normalized spacial score (nSPS) is 13.2. The molecule has 7 nitrogen and oxygen atoms in total. The summed E-state index contributed by atoms with van der Waals surface area (Å²) in [5, 5.41) is 2.73. The molecule has 1 rings (SSSR count). The van der Waals surface area contributed by atoms with E-state index < -0.39 is 29.0 Å². The molecule has 0 bridgehead atoms. The predicted octanol–water partition coefficient (Wildman–Crippen LogP) is -0.550. The Balaban J connectivity index is 2.51. The molecule has 1 unspecified atom stereocenters. The SMILES string of the molecule is NC(=O)C(COS(=O)(=O)O)NCc1ccccc1. The van der Waals surface area contributed by atoms with E-state index in [1.54, 1.807) is 0 Å². The van der Waals surface area contributed by atoms with Crippen molar-refractivity contribution in [3.8, 4) is 0 Å². The fourth-order valence-corrected chi connectivity index (χ4v) is 1.54. The number of carbonyl (C=O) groups excluding carboxylic acids is 1. The van der Waals surface area contributed by atoms with Gasteiger partial charge < -0.3 is 5.73 Å². The standard InChI is InChI=1S/C10H14N2O5S/c11-10(13)9(7-17-18(14,15)16)12-6-8-4-2-1-3-5-8/h1-5,9,12H,6-7H2,(H2,11,13)(H,14,15,16). The summed E-state index contributed by atoms with van der Waals surface area (Å²) in [6.45, 7) is -0.232. The van der Waals surface area contributed by atoms with Crippen molar-refractivity contribution in [1.29, 1.82) is 0 Å². The number of carbonyl (C=O) groups is 1. The molecule has 0 aliphatic carbocycles. The van der Waals surface area contributed by atoms with Crippen LogP contribution in [0.25, 0.3) is 0 Å². The van der Waals surface area contributed by atoms with Crippen molar-refractivity contribution in [1.82, 2.24) is 5.32 Å². The van der Waals surface area contributed by atoms with Gasteiger partial charge >= 0.3 is 10.4 Å². The number of hydrogen-bond donors (Lipinski definition) is 3. The van der Waals surface area contributed by atoms with Crippen molar-refractivity contribution in [2.24, 2.45) is 5.73 Å². The minimum absolute atomic E-state index is 0.323. The molecular weight excluding hydrogens is 260 g/mol. The zero-order valence-electron chi connectivity index (χ0n) is 9.44. The third-order valence-corrected chi connectivity index (χ3v) is 2.56. The van der Waals surface area contributed by atoms with Crippen molar-refractivity contribution < 1.29 is 21.9 Å². The van der Waals surface area contributed by atoms with Crippen molar-refractivity contribution in [3.63, 3.8) is 0 Å². The zero-order chi connectivity index (χ0) is 13.6. The highest BCUT2D eigenvalue weighted by atomic mass is 32.3. The molecule has 0 saturated heterocycles. The van der Waals surface area contributed by atoms with Crippen molar-refractivity contribution >= 4 is 16.3 Å². The second-order valence-electron chi connectivity index (χ2n) is 3.53. The van der Waals surface area contributed by atoms with Crippen LogP contribution >= 0.6 is 0 Å². The van der Waals surface area contributed by atoms with E-state index >= 15 is 0 Å². The summed E-state index contributed by atoms with van der Waals surface area (Å²) < 4.78 is 33.3. The van der Waals surface area contributed by atoms with Gasteiger partial charge in [-0.05, 0) is 5.56 Å².